The smallest absolute Gasteiger partial charge is 0.0868 e. The van der Waals surface area contributed by atoms with Gasteiger partial charge in [0.2, 0.25) is 0 Å². The quantitative estimate of drug-likeness (QED) is 0.754. The van der Waals surface area contributed by atoms with Gasteiger partial charge in [-0.05, 0) is 11.6 Å². The van der Waals surface area contributed by atoms with E-state index in [9.17, 15) is 0 Å². The summed E-state index contributed by atoms with van der Waals surface area (Å²) in [6, 6.07) is 3.59. The molecule has 4 heteroatoms. The molecule has 13 heavy (non-hydrogen) atoms. The Morgan fingerprint density at radius 3 is 3.00 bits per heavy atom. The summed E-state index contributed by atoms with van der Waals surface area (Å²) >= 11 is 5.99. The van der Waals surface area contributed by atoms with Crippen molar-refractivity contribution in [2.45, 2.75) is 6.61 Å². The van der Waals surface area contributed by atoms with Crippen LogP contribution in [0.25, 0.3) is 10.9 Å². The van der Waals surface area contributed by atoms with Crippen LogP contribution in [0.1, 0.15) is 5.56 Å². The second kappa shape index (κ2) is 3.01. The van der Waals surface area contributed by atoms with Crippen LogP contribution in [0, 0.1) is 0 Å². The first-order valence-electron chi connectivity index (χ1n) is 3.94. The van der Waals surface area contributed by atoms with E-state index in [1.54, 1.807) is 16.9 Å². The van der Waals surface area contributed by atoms with Gasteiger partial charge < -0.3 is 5.11 Å². The Balaban J connectivity index is 2.87. The monoisotopic (exact) mass is 196 g/mol. The highest BCUT2D eigenvalue weighted by Gasteiger charge is 2.07. The van der Waals surface area contributed by atoms with Crippen LogP contribution in [-0.4, -0.2) is 14.9 Å². The predicted octanol–water partition coefficient (Wildman–Crippen LogP) is 1.72. The summed E-state index contributed by atoms with van der Waals surface area (Å²) < 4.78 is 1.71. The number of halogens is 1. The maximum absolute atomic E-state index is 9.06. The largest absolute Gasteiger partial charge is 0.392 e. The summed E-state index contributed by atoms with van der Waals surface area (Å²) in [7, 11) is 1.83. The normalized spacial score (nSPS) is 11.0. The highest BCUT2D eigenvalue weighted by molar-refractivity contribution is 6.35. The van der Waals surface area contributed by atoms with Crippen LogP contribution in [0.2, 0.25) is 5.02 Å². The van der Waals surface area contributed by atoms with Crippen molar-refractivity contribution in [2.75, 3.05) is 0 Å². The fourth-order valence-corrected chi connectivity index (χ4v) is 1.72. The first-order chi connectivity index (χ1) is 6.24. The Hall–Kier alpha value is -1.06. The van der Waals surface area contributed by atoms with Crippen LogP contribution in [0.3, 0.4) is 0 Å². The third-order valence-corrected chi connectivity index (χ3v) is 2.42. The van der Waals surface area contributed by atoms with Crippen LogP contribution < -0.4 is 0 Å². The maximum atomic E-state index is 9.06. The summed E-state index contributed by atoms with van der Waals surface area (Å²) in [5, 5.41) is 14.7. The van der Waals surface area contributed by atoms with Crippen molar-refractivity contribution >= 4 is 22.5 Å². The van der Waals surface area contributed by atoms with Gasteiger partial charge in [0.15, 0.2) is 0 Å². The van der Waals surface area contributed by atoms with Crippen LogP contribution >= 0.6 is 11.6 Å². The molecule has 1 aromatic carbocycles. The van der Waals surface area contributed by atoms with Crippen LogP contribution in [0.15, 0.2) is 18.3 Å². The average molecular weight is 197 g/mol. The summed E-state index contributed by atoms with van der Waals surface area (Å²) in [5.74, 6) is 0. The van der Waals surface area contributed by atoms with Crippen molar-refractivity contribution in [3.8, 4) is 0 Å². The van der Waals surface area contributed by atoms with E-state index < -0.39 is 0 Å². The Bertz CT molecular complexity index is 450. The molecule has 1 N–H and O–H groups in total. The van der Waals surface area contributed by atoms with E-state index in [4.69, 9.17) is 16.7 Å². The number of aliphatic hydroxyl groups is 1. The van der Waals surface area contributed by atoms with Gasteiger partial charge >= 0.3 is 0 Å². The second-order valence-corrected chi connectivity index (χ2v) is 3.30. The molecule has 0 saturated heterocycles. The Kier molecular flexibility index (Phi) is 1.98. The Morgan fingerprint density at radius 1 is 1.54 bits per heavy atom. The average Bonchev–Trinajstić information content (AvgIpc) is 2.50. The lowest BCUT2D eigenvalue weighted by molar-refractivity contribution is 0.283. The molecule has 0 atom stereocenters. The first-order valence-corrected chi connectivity index (χ1v) is 4.32. The minimum Gasteiger partial charge on any atom is -0.392 e. The number of hydrogen-bond donors (Lipinski definition) is 1. The van der Waals surface area contributed by atoms with Gasteiger partial charge in [0.1, 0.15) is 0 Å². The Morgan fingerprint density at radius 2 is 2.31 bits per heavy atom. The third-order valence-electron chi connectivity index (χ3n) is 2.11. The molecule has 2 aromatic rings. The number of hydrogen-bond acceptors (Lipinski definition) is 2. The van der Waals surface area contributed by atoms with Crippen molar-refractivity contribution in [1.29, 1.82) is 0 Å². The molecule has 2 rings (SSSR count). The van der Waals surface area contributed by atoms with Gasteiger partial charge in [0.05, 0.1) is 23.3 Å². The second-order valence-electron chi connectivity index (χ2n) is 2.90. The molecule has 1 aromatic heterocycles. The topological polar surface area (TPSA) is 38.0 Å². The molecule has 0 aliphatic carbocycles. The number of rotatable bonds is 1. The molecule has 0 spiro atoms. The maximum Gasteiger partial charge on any atom is 0.0868 e. The number of aromatic nitrogens is 2. The van der Waals surface area contributed by atoms with E-state index >= 15 is 0 Å². The van der Waals surface area contributed by atoms with Gasteiger partial charge in [0, 0.05) is 12.4 Å². The molecule has 0 saturated carbocycles. The first kappa shape index (κ1) is 8.53. The molecule has 0 aliphatic rings. The fraction of sp³-hybridized carbons (Fsp3) is 0.222. The summed E-state index contributed by atoms with van der Waals surface area (Å²) in [6.07, 6.45) is 1.72. The van der Waals surface area contributed by atoms with Gasteiger partial charge in [0.25, 0.3) is 0 Å². The van der Waals surface area contributed by atoms with E-state index in [-0.39, 0.29) is 6.61 Å². The highest BCUT2D eigenvalue weighted by Crippen LogP contribution is 2.25. The number of fused-ring (bicyclic) bond motifs is 1. The summed E-state index contributed by atoms with van der Waals surface area (Å²) in [5.41, 5.74) is 1.72. The van der Waals surface area contributed by atoms with Crippen molar-refractivity contribution in [2.24, 2.45) is 7.05 Å². The number of aryl methyl sites for hydroxylation is 1. The fourth-order valence-electron chi connectivity index (χ4n) is 1.44. The van der Waals surface area contributed by atoms with E-state index in [0.29, 0.717) is 5.02 Å². The molecular weight excluding hydrogens is 188 g/mol. The number of nitrogens with zero attached hydrogens (tertiary/aromatic N) is 2. The van der Waals surface area contributed by atoms with Gasteiger partial charge in [-0.3, -0.25) is 4.68 Å². The van der Waals surface area contributed by atoms with Crippen LogP contribution in [0.4, 0.5) is 0 Å². The number of aliphatic hydroxyl groups excluding tert-OH is 1. The minimum absolute atomic E-state index is 0.0133. The number of benzene rings is 1. The van der Waals surface area contributed by atoms with E-state index in [0.717, 1.165) is 16.5 Å². The molecule has 0 aliphatic heterocycles. The standard InChI is InChI=1S/C9H9ClN2O/c1-12-9-7(4-11-12)6(5-13)2-3-8(9)10/h2-4,13H,5H2,1H3. The van der Waals surface area contributed by atoms with Crippen LogP contribution in [0.5, 0.6) is 0 Å². The van der Waals surface area contributed by atoms with Gasteiger partial charge in [-0.15, -0.1) is 0 Å². The molecule has 0 amide bonds. The molecule has 0 fully saturated rings. The summed E-state index contributed by atoms with van der Waals surface area (Å²) in [6.45, 7) is 0.0133. The lowest BCUT2D eigenvalue weighted by Gasteiger charge is -2.01. The van der Waals surface area contributed by atoms with Crippen molar-refractivity contribution in [1.82, 2.24) is 9.78 Å². The van der Waals surface area contributed by atoms with Gasteiger partial charge in [-0.25, -0.2) is 0 Å². The molecule has 0 radical (unpaired) electrons. The molecule has 1 heterocycles. The van der Waals surface area contributed by atoms with Crippen molar-refractivity contribution in [3.63, 3.8) is 0 Å². The molecular formula is C9H9ClN2O. The molecule has 3 nitrogen and oxygen atoms in total. The van der Waals surface area contributed by atoms with Gasteiger partial charge in [-0.2, -0.15) is 5.10 Å². The Labute approximate surface area is 80.5 Å². The van der Waals surface area contributed by atoms with E-state index in [1.807, 2.05) is 13.1 Å². The zero-order valence-electron chi connectivity index (χ0n) is 7.16. The van der Waals surface area contributed by atoms with Gasteiger partial charge in [-0.1, -0.05) is 17.7 Å². The third kappa shape index (κ3) is 1.20. The van der Waals surface area contributed by atoms with Crippen molar-refractivity contribution < 1.29 is 5.11 Å². The van der Waals surface area contributed by atoms with Crippen molar-refractivity contribution in [3.05, 3.63) is 28.9 Å². The zero-order chi connectivity index (χ0) is 9.42. The molecule has 0 bridgehead atoms. The van der Waals surface area contributed by atoms with E-state index in [2.05, 4.69) is 5.10 Å². The zero-order valence-corrected chi connectivity index (χ0v) is 7.91. The SMILES string of the molecule is Cn1ncc2c(CO)ccc(Cl)c21. The molecule has 68 valence electrons. The minimum atomic E-state index is 0.0133. The van der Waals surface area contributed by atoms with Crippen LogP contribution in [-0.2, 0) is 13.7 Å². The molecule has 0 unspecified atom stereocenters. The predicted molar refractivity (Wildman–Crippen MR) is 51.6 cm³/mol. The van der Waals surface area contributed by atoms with E-state index in [1.165, 1.54) is 0 Å². The highest BCUT2D eigenvalue weighted by atomic mass is 35.5. The summed E-state index contributed by atoms with van der Waals surface area (Å²) in [4.78, 5) is 0. The lowest BCUT2D eigenvalue weighted by atomic mass is 10.1. The lowest BCUT2D eigenvalue weighted by Crippen LogP contribution is -1.90.